The normalized spacial score (nSPS) is 23.1. The fourth-order valence-electron chi connectivity index (χ4n) is 1.74. The van der Waals surface area contributed by atoms with E-state index in [0.717, 1.165) is 13.0 Å². The van der Waals surface area contributed by atoms with Crippen molar-refractivity contribution in [3.05, 3.63) is 0 Å². The van der Waals surface area contributed by atoms with E-state index in [-0.39, 0.29) is 6.61 Å². The van der Waals surface area contributed by atoms with E-state index < -0.39 is 17.5 Å². The summed E-state index contributed by atoms with van der Waals surface area (Å²) in [4.78, 5) is 24.8. The van der Waals surface area contributed by atoms with E-state index >= 15 is 0 Å². The van der Waals surface area contributed by atoms with Crippen LogP contribution in [0.4, 0.5) is 4.79 Å². The van der Waals surface area contributed by atoms with Crippen molar-refractivity contribution in [2.75, 3.05) is 40.4 Å². The first kappa shape index (κ1) is 14.7. The Labute approximate surface area is 106 Å². The van der Waals surface area contributed by atoms with Crippen LogP contribution in [0, 0.1) is 0 Å². The summed E-state index contributed by atoms with van der Waals surface area (Å²) < 4.78 is 5.05. The van der Waals surface area contributed by atoms with Gasteiger partial charge in [0.2, 0.25) is 0 Å². The second-order valence-electron chi connectivity index (χ2n) is 4.73. The molecule has 1 unspecified atom stereocenters. The van der Waals surface area contributed by atoms with Crippen molar-refractivity contribution in [1.29, 1.82) is 0 Å². The van der Waals surface area contributed by atoms with Crippen LogP contribution in [0.2, 0.25) is 0 Å². The molecule has 1 rings (SSSR count). The highest BCUT2D eigenvalue weighted by molar-refractivity contribution is 5.86. The predicted molar refractivity (Wildman–Crippen MR) is 65.5 cm³/mol. The fraction of sp³-hybridized carbons (Fsp3) is 0.818. The van der Waals surface area contributed by atoms with Gasteiger partial charge < -0.3 is 25.4 Å². The first-order valence-corrected chi connectivity index (χ1v) is 5.98. The van der Waals surface area contributed by atoms with Gasteiger partial charge in [0, 0.05) is 19.6 Å². The molecular weight excluding hydrogens is 238 g/mol. The summed E-state index contributed by atoms with van der Waals surface area (Å²) in [6, 6.07) is -0.457. The number of carbonyl (C=O) groups is 2. The summed E-state index contributed by atoms with van der Waals surface area (Å²) in [5.41, 5.74) is -1.27. The van der Waals surface area contributed by atoms with Crippen molar-refractivity contribution >= 4 is 12.0 Å². The molecule has 1 aliphatic heterocycles. The zero-order valence-corrected chi connectivity index (χ0v) is 10.9. The molecule has 1 atom stereocenters. The Bertz CT molecular complexity index is 301. The molecule has 0 radical (unpaired) electrons. The van der Waals surface area contributed by atoms with Crippen molar-refractivity contribution in [2.24, 2.45) is 0 Å². The van der Waals surface area contributed by atoms with Gasteiger partial charge in [-0.3, -0.25) is 0 Å². The van der Waals surface area contributed by atoms with Crippen molar-refractivity contribution in [1.82, 2.24) is 15.5 Å². The van der Waals surface area contributed by atoms with Crippen LogP contribution in [0.15, 0.2) is 0 Å². The largest absolute Gasteiger partial charge is 0.479 e. The van der Waals surface area contributed by atoms with Crippen LogP contribution in [0.5, 0.6) is 0 Å². The molecule has 3 N–H and O–H groups in total. The number of hydrogen-bond acceptors (Lipinski definition) is 4. The molecule has 7 nitrogen and oxygen atoms in total. The zero-order chi connectivity index (χ0) is 13.6. The lowest BCUT2D eigenvalue weighted by atomic mass is 9.99. The van der Waals surface area contributed by atoms with Crippen molar-refractivity contribution in [2.45, 2.75) is 18.4 Å². The van der Waals surface area contributed by atoms with Crippen LogP contribution >= 0.6 is 0 Å². The van der Waals surface area contributed by atoms with Gasteiger partial charge in [0.05, 0.1) is 6.61 Å². The molecule has 0 bridgehead atoms. The molecule has 0 aromatic rings. The quantitative estimate of drug-likeness (QED) is 0.558. The number of carbonyl (C=O) groups excluding carboxylic acids is 1. The predicted octanol–water partition coefficient (Wildman–Crippen LogP) is -0.519. The number of nitrogens with one attached hydrogen (secondary N) is 2. The van der Waals surface area contributed by atoms with Gasteiger partial charge in [-0.25, -0.2) is 9.59 Å². The van der Waals surface area contributed by atoms with E-state index in [1.165, 1.54) is 0 Å². The Morgan fingerprint density at radius 1 is 1.44 bits per heavy atom. The third-order valence-corrected chi connectivity index (χ3v) is 2.85. The lowest BCUT2D eigenvalue weighted by molar-refractivity contribution is -0.144. The maximum Gasteiger partial charge on any atom is 0.332 e. The summed E-state index contributed by atoms with van der Waals surface area (Å²) in [5, 5.41) is 14.3. The molecule has 0 aromatic heterocycles. The standard InChI is InChI=1S/C11H21N3O4/c1-14(2)6-3-5-12-10(17)13-11(9(15)16)4-7-18-8-11/h3-8H2,1-2H3,(H,15,16)(H2,12,13,17). The van der Waals surface area contributed by atoms with Gasteiger partial charge in [-0.15, -0.1) is 0 Å². The third kappa shape index (κ3) is 4.15. The topological polar surface area (TPSA) is 90.9 Å². The Kier molecular flexibility index (Phi) is 5.36. The molecule has 0 saturated carbocycles. The number of ether oxygens (including phenoxy) is 1. The summed E-state index contributed by atoms with van der Waals surface area (Å²) in [5.74, 6) is -1.05. The van der Waals surface area contributed by atoms with E-state index in [0.29, 0.717) is 19.6 Å². The van der Waals surface area contributed by atoms with Crippen LogP contribution in [-0.2, 0) is 9.53 Å². The molecule has 0 aromatic carbocycles. The second-order valence-corrected chi connectivity index (χ2v) is 4.73. The highest BCUT2D eigenvalue weighted by atomic mass is 16.5. The van der Waals surface area contributed by atoms with E-state index in [9.17, 15) is 9.59 Å². The first-order chi connectivity index (χ1) is 8.46. The Balaban J connectivity index is 2.32. The molecule has 0 spiro atoms. The fourth-order valence-corrected chi connectivity index (χ4v) is 1.74. The minimum Gasteiger partial charge on any atom is -0.479 e. The number of carboxylic acids is 1. The van der Waals surface area contributed by atoms with Crippen LogP contribution < -0.4 is 10.6 Å². The number of aliphatic carboxylic acids is 1. The van der Waals surface area contributed by atoms with E-state index in [4.69, 9.17) is 9.84 Å². The van der Waals surface area contributed by atoms with Crippen molar-refractivity contribution in [3.63, 3.8) is 0 Å². The smallest absolute Gasteiger partial charge is 0.332 e. The van der Waals surface area contributed by atoms with Crippen molar-refractivity contribution in [3.8, 4) is 0 Å². The summed E-state index contributed by atoms with van der Waals surface area (Å²) >= 11 is 0. The second kappa shape index (κ2) is 6.55. The number of amides is 2. The third-order valence-electron chi connectivity index (χ3n) is 2.85. The highest BCUT2D eigenvalue weighted by Gasteiger charge is 2.43. The zero-order valence-electron chi connectivity index (χ0n) is 10.9. The number of hydrogen-bond donors (Lipinski definition) is 3. The molecular formula is C11H21N3O4. The highest BCUT2D eigenvalue weighted by Crippen LogP contribution is 2.18. The Morgan fingerprint density at radius 2 is 2.17 bits per heavy atom. The molecule has 1 heterocycles. The first-order valence-electron chi connectivity index (χ1n) is 5.98. The van der Waals surface area contributed by atoms with E-state index in [1.54, 1.807) is 0 Å². The molecule has 2 amide bonds. The molecule has 7 heteroatoms. The minimum absolute atomic E-state index is 0.0213. The minimum atomic E-state index is -1.27. The van der Waals surface area contributed by atoms with E-state index in [1.807, 2.05) is 19.0 Å². The average molecular weight is 259 g/mol. The van der Waals surface area contributed by atoms with Crippen LogP contribution in [0.1, 0.15) is 12.8 Å². The Morgan fingerprint density at radius 3 is 2.67 bits per heavy atom. The van der Waals surface area contributed by atoms with Gasteiger partial charge >= 0.3 is 12.0 Å². The van der Waals surface area contributed by atoms with Crippen LogP contribution in [-0.4, -0.2) is 67.9 Å². The van der Waals surface area contributed by atoms with E-state index in [2.05, 4.69) is 10.6 Å². The number of rotatable bonds is 6. The van der Waals surface area contributed by atoms with Gasteiger partial charge in [-0.2, -0.15) is 0 Å². The number of carboxylic acid groups (broad SMARTS) is 1. The van der Waals surface area contributed by atoms with Crippen LogP contribution in [0.3, 0.4) is 0 Å². The lowest BCUT2D eigenvalue weighted by Crippen LogP contribution is -2.57. The average Bonchev–Trinajstić information content (AvgIpc) is 2.74. The Hall–Kier alpha value is -1.34. The maximum absolute atomic E-state index is 11.6. The molecule has 1 aliphatic rings. The monoisotopic (exact) mass is 259 g/mol. The molecule has 0 aliphatic carbocycles. The molecule has 18 heavy (non-hydrogen) atoms. The number of nitrogens with zero attached hydrogens (tertiary/aromatic N) is 1. The summed E-state index contributed by atoms with van der Waals surface area (Å²) in [6.45, 7) is 1.76. The van der Waals surface area contributed by atoms with Gasteiger partial charge in [-0.05, 0) is 27.1 Å². The van der Waals surface area contributed by atoms with Gasteiger partial charge in [-0.1, -0.05) is 0 Å². The SMILES string of the molecule is CN(C)CCCNC(=O)NC1(C(=O)O)CCOC1. The molecule has 1 saturated heterocycles. The van der Waals surface area contributed by atoms with Crippen molar-refractivity contribution < 1.29 is 19.4 Å². The molecule has 1 fully saturated rings. The van der Waals surface area contributed by atoms with Gasteiger partial charge in [0.25, 0.3) is 0 Å². The van der Waals surface area contributed by atoms with Crippen LogP contribution in [0.25, 0.3) is 0 Å². The molecule has 104 valence electrons. The van der Waals surface area contributed by atoms with Gasteiger partial charge in [0.1, 0.15) is 0 Å². The maximum atomic E-state index is 11.6. The summed E-state index contributed by atoms with van der Waals surface area (Å²) in [6.07, 6.45) is 1.12. The number of urea groups is 1. The summed E-state index contributed by atoms with van der Waals surface area (Å²) in [7, 11) is 3.91. The lowest BCUT2D eigenvalue weighted by Gasteiger charge is -2.23. The van der Waals surface area contributed by atoms with Gasteiger partial charge in [0.15, 0.2) is 5.54 Å².